The Morgan fingerprint density at radius 3 is 3.00 bits per heavy atom. The van der Waals surface area contributed by atoms with Gasteiger partial charge in [0.25, 0.3) is 0 Å². The molecule has 0 aromatic carbocycles. The molecule has 90 valence electrons. The Kier molecular flexibility index (Phi) is 2.33. The summed E-state index contributed by atoms with van der Waals surface area (Å²) in [5.41, 5.74) is 0. The number of aliphatic hydroxyl groups excluding tert-OH is 1. The molecule has 3 fully saturated rings. The lowest BCUT2D eigenvalue weighted by Gasteiger charge is -2.41. The molecule has 3 aliphatic rings. The molecule has 0 radical (unpaired) electrons. The predicted octanol–water partition coefficient (Wildman–Crippen LogP) is -0.0616. The molecule has 1 amide bonds. The highest BCUT2D eigenvalue weighted by Gasteiger charge is 2.57. The molecule has 0 spiro atoms. The van der Waals surface area contributed by atoms with Crippen molar-refractivity contribution in [1.29, 1.82) is 0 Å². The standard InChI is InChI=1S/C11H18N2O3/c1-2-16-11(15)13-7-3-6-4-8(13)10(14)9(7)12-5-6/h6-10,12,14H,2-5H2,1H3/t6-,7-,8+,9+,10+/m1/s1. The second kappa shape index (κ2) is 3.60. The lowest BCUT2D eigenvalue weighted by Crippen LogP contribution is -2.56. The average molecular weight is 226 g/mol. The first-order chi connectivity index (χ1) is 7.72. The number of nitrogens with zero attached hydrogens (tertiary/aromatic N) is 1. The zero-order chi connectivity index (χ0) is 11.3. The van der Waals surface area contributed by atoms with Crippen LogP contribution < -0.4 is 5.32 Å². The number of rotatable bonds is 1. The van der Waals surface area contributed by atoms with Gasteiger partial charge in [-0.2, -0.15) is 0 Å². The fourth-order valence-electron chi connectivity index (χ4n) is 3.54. The lowest BCUT2D eigenvalue weighted by atomic mass is 9.88. The Hall–Kier alpha value is -0.810. The lowest BCUT2D eigenvalue weighted by molar-refractivity contribution is 0.0399. The quantitative estimate of drug-likeness (QED) is 0.657. The van der Waals surface area contributed by atoms with Gasteiger partial charge in [0, 0.05) is 0 Å². The second-order valence-electron chi connectivity index (χ2n) is 5.00. The molecule has 3 aliphatic heterocycles. The number of ether oxygens (including phenoxy) is 1. The van der Waals surface area contributed by atoms with Gasteiger partial charge in [-0.3, -0.25) is 4.90 Å². The van der Waals surface area contributed by atoms with E-state index in [0.717, 1.165) is 19.4 Å². The molecule has 2 N–H and O–H groups in total. The maximum Gasteiger partial charge on any atom is 0.410 e. The van der Waals surface area contributed by atoms with Crippen molar-refractivity contribution in [1.82, 2.24) is 10.2 Å². The normalized spacial score (nSPS) is 44.9. The number of hydrogen-bond acceptors (Lipinski definition) is 4. The molecule has 5 nitrogen and oxygen atoms in total. The molecule has 5 heteroatoms. The Morgan fingerprint density at radius 1 is 1.50 bits per heavy atom. The summed E-state index contributed by atoms with van der Waals surface area (Å²) in [7, 11) is 0. The molecule has 3 saturated heterocycles. The largest absolute Gasteiger partial charge is 0.450 e. The van der Waals surface area contributed by atoms with Crippen molar-refractivity contribution in [2.24, 2.45) is 5.92 Å². The van der Waals surface area contributed by atoms with Crippen molar-refractivity contribution in [2.45, 2.75) is 44.0 Å². The van der Waals surface area contributed by atoms with Crippen LogP contribution in [0.15, 0.2) is 0 Å². The van der Waals surface area contributed by atoms with Gasteiger partial charge in [-0.15, -0.1) is 0 Å². The third-order valence-corrected chi connectivity index (χ3v) is 4.16. The van der Waals surface area contributed by atoms with Crippen LogP contribution in [0.25, 0.3) is 0 Å². The summed E-state index contributed by atoms with van der Waals surface area (Å²) in [5, 5.41) is 13.5. The van der Waals surface area contributed by atoms with Crippen LogP contribution in [0.5, 0.6) is 0 Å². The van der Waals surface area contributed by atoms with E-state index in [2.05, 4.69) is 5.32 Å². The number of nitrogens with one attached hydrogen (secondary N) is 1. The summed E-state index contributed by atoms with van der Waals surface area (Å²) >= 11 is 0. The Bertz CT molecular complexity index is 308. The number of amides is 1. The zero-order valence-corrected chi connectivity index (χ0v) is 9.43. The van der Waals surface area contributed by atoms with E-state index in [1.807, 2.05) is 6.92 Å². The molecule has 3 rings (SSSR count). The molecule has 3 bridgehead atoms. The van der Waals surface area contributed by atoms with E-state index in [9.17, 15) is 9.90 Å². The van der Waals surface area contributed by atoms with Gasteiger partial charge >= 0.3 is 6.09 Å². The fourth-order valence-corrected chi connectivity index (χ4v) is 3.54. The van der Waals surface area contributed by atoms with Gasteiger partial charge in [-0.1, -0.05) is 0 Å². The van der Waals surface area contributed by atoms with Crippen LogP contribution in [0.4, 0.5) is 4.79 Å². The van der Waals surface area contributed by atoms with Gasteiger partial charge in [0.15, 0.2) is 0 Å². The summed E-state index contributed by atoms with van der Waals surface area (Å²) in [4.78, 5) is 13.6. The monoisotopic (exact) mass is 226 g/mol. The van der Waals surface area contributed by atoms with E-state index in [1.54, 1.807) is 4.90 Å². The first-order valence-corrected chi connectivity index (χ1v) is 6.09. The summed E-state index contributed by atoms with van der Waals surface area (Å²) < 4.78 is 5.07. The minimum absolute atomic E-state index is 0.0391. The number of carbonyl (C=O) groups is 1. The molecule has 0 aromatic heterocycles. The van der Waals surface area contributed by atoms with Gasteiger partial charge in [0.2, 0.25) is 0 Å². The SMILES string of the molecule is CCOC(=O)N1[C@@H]2C[C@H]3CN[C@@H]2[C@@H](O)[C@@H]1C3. The molecule has 16 heavy (non-hydrogen) atoms. The van der Waals surface area contributed by atoms with Crippen LogP contribution in [0.3, 0.4) is 0 Å². The first kappa shape index (κ1) is 10.4. The van der Waals surface area contributed by atoms with Crippen molar-refractivity contribution in [2.75, 3.05) is 13.2 Å². The molecule has 5 atom stereocenters. The van der Waals surface area contributed by atoms with Crippen LogP contribution >= 0.6 is 0 Å². The maximum absolute atomic E-state index is 11.8. The van der Waals surface area contributed by atoms with Crippen LogP contribution in [0.1, 0.15) is 19.8 Å². The van der Waals surface area contributed by atoms with Crippen LogP contribution in [0, 0.1) is 5.92 Å². The van der Waals surface area contributed by atoms with Crippen LogP contribution in [-0.2, 0) is 4.74 Å². The van der Waals surface area contributed by atoms with E-state index in [1.165, 1.54) is 0 Å². The second-order valence-corrected chi connectivity index (χ2v) is 5.00. The van der Waals surface area contributed by atoms with Gasteiger partial charge in [0.1, 0.15) is 0 Å². The van der Waals surface area contributed by atoms with E-state index >= 15 is 0 Å². The molecule has 3 heterocycles. The highest BCUT2D eigenvalue weighted by molar-refractivity contribution is 5.69. The van der Waals surface area contributed by atoms with Crippen molar-refractivity contribution in [3.05, 3.63) is 0 Å². The predicted molar refractivity (Wildman–Crippen MR) is 57.0 cm³/mol. The van der Waals surface area contributed by atoms with Crippen LogP contribution in [0.2, 0.25) is 0 Å². The highest BCUT2D eigenvalue weighted by Crippen LogP contribution is 2.42. The first-order valence-electron chi connectivity index (χ1n) is 6.09. The summed E-state index contributed by atoms with van der Waals surface area (Å²) in [6.07, 6.45) is 1.22. The minimum Gasteiger partial charge on any atom is -0.450 e. The Balaban J connectivity index is 1.85. The summed E-state index contributed by atoms with van der Waals surface area (Å²) in [6.45, 7) is 3.18. The molecule has 0 aromatic rings. The Morgan fingerprint density at radius 2 is 2.25 bits per heavy atom. The van der Waals surface area contributed by atoms with Gasteiger partial charge in [-0.05, 0) is 32.2 Å². The van der Waals surface area contributed by atoms with E-state index in [-0.39, 0.29) is 24.2 Å². The number of hydrogen-bond donors (Lipinski definition) is 2. The van der Waals surface area contributed by atoms with E-state index in [4.69, 9.17) is 4.74 Å². The molecule has 0 aliphatic carbocycles. The smallest absolute Gasteiger partial charge is 0.410 e. The van der Waals surface area contributed by atoms with Gasteiger partial charge in [0.05, 0.1) is 30.8 Å². The van der Waals surface area contributed by atoms with E-state index < -0.39 is 6.10 Å². The molecule has 0 saturated carbocycles. The summed E-state index contributed by atoms with van der Waals surface area (Å²) in [6, 6.07) is 0.141. The average Bonchev–Trinajstić information content (AvgIpc) is 2.37. The van der Waals surface area contributed by atoms with E-state index in [0.29, 0.717) is 12.5 Å². The zero-order valence-electron chi connectivity index (χ0n) is 9.43. The number of piperidine rings is 2. The topological polar surface area (TPSA) is 61.8 Å². The van der Waals surface area contributed by atoms with Crippen molar-refractivity contribution >= 4 is 6.09 Å². The van der Waals surface area contributed by atoms with Crippen LogP contribution in [-0.4, -0.2) is 53.5 Å². The third kappa shape index (κ3) is 1.28. The number of fused-ring (bicyclic) bond motifs is 2. The maximum atomic E-state index is 11.8. The summed E-state index contributed by atoms with van der Waals surface area (Å²) in [5.74, 6) is 0.606. The molecular weight excluding hydrogens is 208 g/mol. The van der Waals surface area contributed by atoms with Crippen molar-refractivity contribution < 1.29 is 14.6 Å². The highest BCUT2D eigenvalue weighted by atomic mass is 16.6. The van der Waals surface area contributed by atoms with Gasteiger partial charge in [-0.25, -0.2) is 4.79 Å². The van der Waals surface area contributed by atoms with Crippen molar-refractivity contribution in [3.8, 4) is 0 Å². The van der Waals surface area contributed by atoms with Gasteiger partial charge < -0.3 is 15.2 Å². The minimum atomic E-state index is -0.429. The van der Waals surface area contributed by atoms with Crippen molar-refractivity contribution in [3.63, 3.8) is 0 Å². The third-order valence-electron chi connectivity index (χ3n) is 4.16. The Labute approximate surface area is 94.8 Å². The fraction of sp³-hybridized carbons (Fsp3) is 0.909. The number of aliphatic hydroxyl groups is 1. The number of carbonyl (C=O) groups excluding carboxylic acids is 1. The molecular formula is C11H18N2O3. The molecule has 0 unspecified atom stereocenters.